The van der Waals surface area contributed by atoms with E-state index in [4.69, 9.17) is 0 Å². The fourth-order valence-corrected chi connectivity index (χ4v) is 4.19. The first-order valence-electron chi connectivity index (χ1n) is 9.25. The molecule has 186 valence electrons. The zero-order chi connectivity index (χ0) is 25.6. The topological polar surface area (TPSA) is 151 Å². The van der Waals surface area contributed by atoms with E-state index in [1.807, 2.05) is 9.44 Å². The molecule has 1 aromatic carbocycles. The molecular weight excluding hydrogens is 491 g/mol. The number of esters is 1. The predicted molar refractivity (Wildman–Crippen MR) is 114 cm³/mol. The molecule has 0 radical (unpaired) electrons. The molecule has 0 aliphatic rings. The molecule has 0 saturated heterocycles. The summed E-state index contributed by atoms with van der Waals surface area (Å²) in [6.07, 6.45) is -3.80. The van der Waals surface area contributed by atoms with Gasteiger partial charge >= 0.3 is 12.1 Å². The number of nitro benzene ring substituents is 1. The van der Waals surface area contributed by atoms with E-state index in [1.54, 1.807) is 0 Å². The maximum Gasteiger partial charge on any atom is 0.411 e. The van der Waals surface area contributed by atoms with Gasteiger partial charge in [-0.25, -0.2) is 8.42 Å². The summed E-state index contributed by atoms with van der Waals surface area (Å²) in [5, 5.41) is 10.7. The third-order valence-electron chi connectivity index (χ3n) is 3.98. The first kappa shape index (κ1) is 28.8. The number of halogens is 3. The highest BCUT2D eigenvalue weighted by Crippen LogP contribution is 2.25. The van der Waals surface area contributed by atoms with Gasteiger partial charge in [-0.1, -0.05) is 12.2 Å². The lowest BCUT2D eigenvalue weighted by Crippen LogP contribution is -2.49. The van der Waals surface area contributed by atoms with Crippen molar-refractivity contribution < 1.29 is 40.6 Å². The quantitative estimate of drug-likeness (QED) is 0.158. The van der Waals surface area contributed by atoms with Crippen LogP contribution in [0.15, 0.2) is 41.3 Å². The molecule has 0 fully saturated rings. The Hall–Kier alpha value is -2.20. The Labute approximate surface area is 192 Å². The van der Waals surface area contributed by atoms with Crippen LogP contribution in [0.4, 0.5) is 18.9 Å². The van der Waals surface area contributed by atoms with Gasteiger partial charge in [0.15, 0.2) is 6.04 Å². The minimum Gasteiger partial charge on any atom is -0.598 e. The van der Waals surface area contributed by atoms with E-state index in [9.17, 15) is 41.1 Å². The van der Waals surface area contributed by atoms with Gasteiger partial charge in [0.25, 0.3) is 5.69 Å². The van der Waals surface area contributed by atoms with Crippen LogP contribution in [0, 0.1) is 10.1 Å². The van der Waals surface area contributed by atoms with E-state index in [2.05, 4.69) is 4.74 Å². The molecule has 0 aromatic heterocycles. The molecule has 1 aromatic rings. The molecule has 10 nitrogen and oxygen atoms in total. The van der Waals surface area contributed by atoms with Crippen LogP contribution in [-0.2, 0) is 30.9 Å². The third-order valence-corrected chi connectivity index (χ3v) is 7.05. The summed E-state index contributed by atoms with van der Waals surface area (Å²) in [6.45, 7) is 4.44. The Morgan fingerprint density at radius 2 is 1.79 bits per heavy atom. The molecule has 0 aliphatic heterocycles. The molecule has 0 saturated carbocycles. The molecular formula is C18H24F3N3O7S2. The van der Waals surface area contributed by atoms with Gasteiger partial charge in [-0.2, -0.15) is 17.9 Å². The van der Waals surface area contributed by atoms with Crippen molar-refractivity contribution in [2.45, 2.75) is 55.1 Å². The number of benzene rings is 1. The molecule has 0 aliphatic carbocycles. The summed E-state index contributed by atoms with van der Waals surface area (Å²) in [6, 6.07) is -0.144. The molecule has 0 bridgehead atoms. The van der Waals surface area contributed by atoms with Crippen molar-refractivity contribution in [2.24, 2.45) is 0 Å². The average molecular weight is 516 g/mol. The van der Waals surface area contributed by atoms with Crippen molar-refractivity contribution >= 4 is 33.0 Å². The third kappa shape index (κ3) is 8.92. The fraction of sp³-hybridized carbons (Fsp3) is 0.500. The van der Waals surface area contributed by atoms with Gasteiger partial charge in [0.05, 0.1) is 16.9 Å². The van der Waals surface area contributed by atoms with Crippen molar-refractivity contribution in [2.75, 3.05) is 7.11 Å². The lowest BCUT2D eigenvalue weighted by Gasteiger charge is -2.27. The predicted octanol–water partition coefficient (Wildman–Crippen LogP) is 2.34. The average Bonchev–Trinajstić information content (AvgIpc) is 2.69. The number of nitro groups is 1. The van der Waals surface area contributed by atoms with E-state index >= 15 is 0 Å². The Morgan fingerprint density at radius 3 is 2.21 bits per heavy atom. The second-order valence-corrected chi connectivity index (χ2v) is 11.3. The van der Waals surface area contributed by atoms with Gasteiger partial charge in [-0.05, 0) is 39.3 Å². The molecule has 3 atom stereocenters. The van der Waals surface area contributed by atoms with Crippen LogP contribution in [0.5, 0.6) is 0 Å². The van der Waals surface area contributed by atoms with Crippen LogP contribution in [0.2, 0.25) is 0 Å². The molecule has 0 heterocycles. The smallest absolute Gasteiger partial charge is 0.411 e. The lowest BCUT2D eigenvalue weighted by molar-refractivity contribution is -0.384. The molecule has 15 heteroatoms. The largest absolute Gasteiger partial charge is 0.598 e. The maximum absolute atomic E-state index is 13.3. The Morgan fingerprint density at radius 1 is 1.24 bits per heavy atom. The van der Waals surface area contributed by atoms with E-state index < -0.39 is 66.6 Å². The SMILES string of the molecule is COC(=O)[C@H](C/C=C/[C@@H](N[S@@+]([O-])C(C)(C)C)C(F)(F)F)NS(=O)(=O)c1ccc([N+](=O)[O-])cc1. The highest BCUT2D eigenvalue weighted by atomic mass is 32.2. The second-order valence-electron chi connectivity index (χ2n) is 7.63. The van der Waals surface area contributed by atoms with E-state index in [0.29, 0.717) is 6.08 Å². The Kier molecular flexibility index (Phi) is 9.86. The Balaban J connectivity index is 3.05. The van der Waals surface area contributed by atoms with Crippen molar-refractivity contribution in [3.63, 3.8) is 0 Å². The zero-order valence-electron chi connectivity index (χ0n) is 18.1. The number of nitrogens with one attached hydrogen (secondary N) is 2. The fourth-order valence-electron chi connectivity index (χ4n) is 2.20. The first-order chi connectivity index (χ1) is 15.0. The normalized spacial score (nSPS) is 15.8. The number of alkyl halides is 3. The summed E-state index contributed by atoms with van der Waals surface area (Å²) >= 11 is -2.06. The van der Waals surface area contributed by atoms with Crippen LogP contribution in [-0.4, -0.2) is 54.0 Å². The standard InChI is InChI=1S/C18H24F3N3O7S2/c1-17(2,3)32(28)22-15(18(19,20)21)7-5-6-14(16(25)31-4)23-33(29,30)13-10-8-12(9-11-13)24(26)27/h5,7-11,14-15,22-23H,6H2,1-4H3/b7-5+/t14-,15+,32-/m0/s1. The number of rotatable bonds is 10. The summed E-state index contributed by atoms with van der Waals surface area (Å²) < 4.78 is 84.4. The summed E-state index contributed by atoms with van der Waals surface area (Å²) in [5.74, 6) is -1.07. The van der Waals surface area contributed by atoms with Gasteiger partial charge in [0.1, 0.15) is 10.8 Å². The summed E-state index contributed by atoms with van der Waals surface area (Å²) in [7, 11) is -3.40. The number of methoxy groups -OCH3 is 1. The van der Waals surface area contributed by atoms with Crippen molar-refractivity contribution in [1.29, 1.82) is 0 Å². The minimum absolute atomic E-state index is 0.361. The number of hydrogen-bond acceptors (Lipinski definition) is 8. The van der Waals surface area contributed by atoms with Crippen LogP contribution < -0.4 is 9.44 Å². The lowest BCUT2D eigenvalue weighted by atomic mass is 10.2. The van der Waals surface area contributed by atoms with Crippen LogP contribution in [0.1, 0.15) is 27.2 Å². The molecule has 1 rings (SSSR count). The Bertz CT molecular complexity index is 962. The highest BCUT2D eigenvalue weighted by molar-refractivity contribution is 7.90. The highest BCUT2D eigenvalue weighted by Gasteiger charge is 2.43. The van der Waals surface area contributed by atoms with E-state index in [1.165, 1.54) is 20.8 Å². The number of carbonyl (C=O) groups excluding carboxylic acids is 1. The number of ether oxygens (including phenoxy) is 1. The van der Waals surface area contributed by atoms with Crippen molar-refractivity contribution in [3.8, 4) is 0 Å². The number of nitrogens with zero attached hydrogens (tertiary/aromatic N) is 1. The molecule has 0 unspecified atom stereocenters. The first-order valence-corrected chi connectivity index (χ1v) is 11.9. The maximum atomic E-state index is 13.3. The molecule has 2 N–H and O–H groups in total. The molecule has 0 amide bonds. The number of hydrogen-bond donors (Lipinski definition) is 2. The minimum atomic E-state index is -4.81. The monoisotopic (exact) mass is 515 g/mol. The number of non-ortho nitro benzene ring substituents is 1. The number of sulfonamides is 1. The van der Waals surface area contributed by atoms with E-state index in [-0.39, 0.29) is 5.69 Å². The molecule has 0 spiro atoms. The van der Waals surface area contributed by atoms with Crippen molar-refractivity contribution in [3.05, 3.63) is 46.5 Å². The van der Waals surface area contributed by atoms with Crippen molar-refractivity contribution in [1.82, 2.24) is 9.44 Å². The van der Waals surface area contributed by atoms with Gasteiger partial charge in [0, 0.05) is 23.5 Å². The van der Waals surface area contributed by atoms with Gasteiger partial charge in [-0.3, -0.25) is 14.9 Å². The second kappa shape index (κ2) is 11.3. The van der Waals surface area contributed by atoms with Crippen LogP contribution >= 0.6 is 0 Å². The summed E-state index contributed by atoms with van der Waals surface area (Å²) in [5.41, 5.74) is -0.361. The van der Waals surface area contributed by atoms with Gasteiger partial charge < -0.3 is 9.29 Å². The summed E-state index contributed by atoms with van der Waals surface area (Å²) in [4.78, 5) is 21.6. The number of carbonyl (C=O) groups is 1. The molecule has 33 heavy (non-hydrogen) atoms. The van der Waals surface area contributed by atoms with Gasteiger partial charge in [-0.15, -0.1) is 4.72 Å². The van der Waals surface area contributed by atoms with Gasteiger partial charge in [0.2, 0.25) is 10.0 Å². The zero-order valence-corrected chi connectivity index (χ0v) is 19.7. The van der Waals surface area contributed by atoms with E-state index in [0.717, 1.165) is 37.5 Å². The van der Waals surface area contributed by atoms with Crippen LogP contribution in [0.3, 0.4) is 0 Å². The van der Waals surface area contributed by atoms with Crippen LogP contribution in [0.25, 0.3) is 0 Å².